The molecule has 1 heterocycles. The highest BCUT2D eigenvalue weighted by Gasteiger charge is 2.03. The standard InChI is InChI=1S/C13H15N3O/c1-2-8-17-11-5-3-4-10(9-11)13-15-7-6-12(14)16-13/h3-7,9H,2,8H2,1H3,(H2,14,15,16). The average molecular weight is 229 g/mol. The number of ether oxygens (including phenoxy) is 1. The molecule has 1 aromatic carbocycles. The minimum absolute atomic E-state index is 0.467. The zero-order chi connectivity index (χ0) is 12.1. The van der Waals surface area contributed by atoms with Gasteiger partial charge in [-0.15, -0.1) is 0 Å². The van der Waals surface area contributed by atoms with Crippen molar-refractivity contribution in [2.75, 3.05) is 12.3 Å². The molecule has 0 atom stereocenters. The van der Waals surface area contributed by atoms with E-state index in [2.05, 4.69) is 16.9 Å². The molecule has 0 radical (unpaired) electrons. The predicted octanol–water partition coefficient (Wildman–Crippen LogP) is 2.51. The minimum atomic E-state index is 0.467. The Morgan fingerprint density at radius 2 is 2.18 bits per heavy atom. The highest BCUT2D eigenvalue weighted by atomic mass is 16.5. The van der Waals surface area contributed by atoms with Gasteiger partial charge in [-0.05, 0) is 24.6 Å². The van der Waals surface area contributed by atoms with Gasteiger partial charge in [-0.1, -0.05) is 19.1 Å². The second-order valence-corrected chi connectivity index (χ2v) is 3.68. The molecule has 2 aromatic rings. The van der Waals surface area contributed by atoms with E-state index < -0.39 is 0 Å². The van der Waals surface area contributed by atoms with E-state index in [1.165, 1.54) is 0 Å². The fraction of sp³-hybridized carbons (Fsp3) is 0.231. The van der Waals surface area contributed by atoms with Crippen molar-refractivity contribution in [1.29, 1.82) is 0 Å². The summed E-state index contributed by atoms with van der Waals surface area (Å²) in [6, 6.07) is 9.37. The molecule has 4 heteroatoms. The maximum absolute atomic E-state index is 5.63. The van der Waals surface area contributed by atoms with Crippen LogP contribution in [0.1, 0.15) is 13.3 Å². The van der Waals surface area contributed by atoms with E-state index >= 15 is 0 Å². The Morgan fingerprint density at radius 1 is 1.29 bits per heavy atom. The molecule has 0 fully saturated rings. The van der Waals surface area contributed by atoms with Crippen LogP contribution in [0.3, 0.4) is 0 Å². The summed E-state index contributed by atoms with van der Waals surface area (Å²) in [5.41, 5.74) is 6.54. The van der Waals surface area contributed by atoms with Crippen molar-refractivity contribution < 1.29 is 4.74 Å². The number of nitrogens with two attached hydrogens (primary N) is 1. The lowest BCUT2D eigenvalue weighted by atomic mass is 10.2. The van der Waals surface area contributed by atoms with Gasteiger partial charge >= 0.3 is 0 Å². The van der Waals surface area contributed by atoms with E-state index in [4.69, 9.17) is 10.5 Å². The number of hydrogen-bond acceptors (Lipinski definition) is 4. The van der Waals surface area contributed by atoms with Crippen molar-refractivity contribution in [2.24, 2.45) is 0 Å². The molecule has 4 nitrogen and oxygen atoms in total. The highest BCUT2D eigenvalue weighted by molar-refractivity contribution is 5.58. The summed E-state index contributed by atoms with van der Waals surface area (Å²) < 4.78 is 5.56. The summed E-state index contributed by atoms with van der Waals surface area (Å²) in [7, 11) is 0. The van der Waals surface area contributed by atoms with E-state index in [9.17, 15) is 0 Å². The Bertz CT molecular complexity index is 500. The predicted molar refractivity (Wildman–Crippen MR) is 67.7 cm³/mol. The lowest BCUT2D eigenvalue weighted by Crippen LogP contribution is -1.97. The summed E-state index contributed by atoms with van der Waals surface area (Å²) in [4.78, 5) is 8.36. The number of nitrogens with zero attached hydrogens (tertiary/aromatic N) is 2. The van der Waals surface area contributed by atoms with Gasteiger partial charge in [0, 0.05) is 11.8 Å². The first-order valence-electron chi connectivity index (χ1n) is 5.61. The molecule has 1 aromatic heterocycles. The minimum Gasteiger partial charge on any atom is -0.494 e. The van der Waals surface area contributed by atoms with E-state index in [1.54, 1.807) is 12.3 Å². The molecule has 0 saturated carbocycles. The first-order chi connectivity index (χ1) is 8.29. The zero-order valence-electron chi connectivity index (χ0n) is 9.76. The summed E-state index contributed by atoms with van der Waals surface area (Å²) in [6.07, 6.45) is 2.64. The first-order valence-corrected chi connectivity index (χ1v) is 5.61. The van der Waals surface area contributed by atoms with Crippen LogP contribution in [0.15, 0.2) is 36.5 Å². The Morgan fingerprint density at radius 3 is 2.94 bits per heavy atom. The molecule has 0 aliphatic rings. The summed E-state index contributed by atoms with van der Waals surface area (Å²) in [6.45, 7) is 2.78. The Kier molecular flexibility index (Phi) is 3.55. The van der Waals surface area contributed by atoms with Gasteiger partial charge in [0.1, 0.15) is 11.6 Å². The molecule has 0 spiro atoms. The molecule has 88 valence electrons. The maximum Gasteiger partial charge on any atom is 0.161 e. The number of nitrogen functional groups attached to an aromatic ring is 1. The third-order valence-electron chi connectivity index (χ3n) is 2.24. The summed E-state index contributed by atoms with van der Waals surface area (Å²) in [5, 5.41) is 0. The molecule has 17 heavy (non-hydrogen) atoms. The van der Waals surface area contributed by atoms with Gasteiger partial charge in [0.05, 0.1) is 6.61 Å². The molecular weight excluding hydrogens is 214 g/mol. The molecule has 0 saturated heterocycles. The second kappa shape index (κ2) is 5.30. The van der Waals surface area contributed by atoms with Crippen LogP contribution in [-0.4, -0.2) is 16.6 Å². The lowest BCUT2D eigenvalue weighted by Gasteiger charge is -2.06. The van der Waals surface area contributed by atoms with Crippen LogP contribution in [-0.2, 0) is 0 Å². The monoisotopic (exact) mass is 229 g/mol. The van der Waals surface area contributed by atoms with Gasteiger partial charge in [0.25, 0.3) is 0 Å². The molecule has 0 unspecified atom stereocenters. The first kappa shape index (κ1) is 11.4. The van der Waals surface area contributed by atoms with Crippen molar-refractivity contribution >= 4 is 5.82 Å². The van der Waals surface area contributed by atoms with E-state index in [0.29, 0.717) is 18.2 Å². The quantitative estimate of drug-likeness (QED) is 0.875. The Labute approximate surface area is 100 Å². The van der Waals surface area contributed by atoms with Crippen LogP contribution in [0.2, 0.25) is 0 Å². The number of benzene rings is 1. The van der Waals surface area contributed by atoms with Crippen LogP contribution in [0.25, 0.3) is 11.4 Å². The van der Waals surface area contributed by atoms with Crippen molar-refractivity contribution in [1.82, 2.24) is 9.97 Å². The smallest absolute Gasteiger partial charge is 0.161 e. The largest absolute Gasteiger partial charge is 0.494 e. The van der Waals surface area contributed by atoms with Crippen molar-refractivity contribution in [3.05, 3.63) is 36.5 Å². The SMILES string of the molecule is CCCOc1cccc(-c2nccc(N)n2)c1. The van der Waals surface area contributed by atoms with Crippen LogP contribution < -0.4 is 10.5 Å². The molecular formula is C13H15N3O. The van der Waals surface area contributed by atoms with Crippen LogP contribution in [0.4, 0.5) is 5.82 Å². The molecule has 0 bridgehead atoms. The van der Waals surface area contributed by atoms with Crippen LogP contribution in [0, 0.1) is 0 Å². The van der Waals surface area contributed by atoms with Gasteiger partial charge in [0.2, 0.25) is 0 Å². The fourth-order valence-electron chi connectivity index (χ4n) is 1.46. The molecule has 0 amide bonds. The molecule has 0 aliphatic heterocycles. The topological polar surface area (TPSA) is 61.0 Å². The van der Waals surface area contributed by atoms with Crippen LogP contribution in [0.5, 0.6) is 5.75 Å². The van der Waals surface area contributed by atoms with Crippen molar-refractivity contribution in [3.8, 4) is 17.1 Å². The molecule has 0 aliphatic carbocycles. The normalized spacial score (nSPS) is 10.2. The van der Waals surface area contributed by atoms with Gasteiger partial charge in [-0.2, -0.15) is 0 Å². The van der Waals surface area contributed by atoms with E-state index in [-0.39, 0.29) is 0 Å². The number of aromatic nitrogens is 2. The Balaban J connectivity index is 2.26. The molecule has 2 N–H and O–H groups in total. The number of rotatable bonds is 4. The van der Waals surface area contributed by atoms with Crippen LogP contribution >= 0.6 is 0 Å². The van der Waals surface area contributed by atoms with E-state index in [0.717, 1.165) is 17.7 Å². The van der Waals surface area contributed by atoms with Gasteiger partial charge in [-0.3, -0.25) is 0 Å². The summed E-state index contributed by atoms with van der Waals surface area (Å²) in [5.74, 6) is 1.91. The third-order valence-corrected chi connectivity index (χ3v) is 2.24. The number of anilines is 1. The molecule has 2 rings (SSSR count). The second-order valence-electron chi connectivity index (χ2n) is 3.68. The van der Waals surface area contributed by atoms with Gasteiger partial charge in [-0.25, -0.2) is 9.97 Å². The Hall–Kier alpha value is -2.10. The van der Waals surface area contributed by atoms with Crippen molar-refractivity contribution in [3.63, 3.8) is 0 Å². The van der Waals surface area contributed by atoms with Crippen molar-refractivity contribution in [2.45, 2.75) is 13.3 Å². The number of hydrogen-bond donors (Lipinski definition) is 1. The van der Waals surface area contributed by atoms with Gasteiger partial charge < -0.3 is 10.5 Å². The highest BCUT2D eigenvalue weighted by Crippen LogP contribution is 2.21. The fourth-order valence-corrected chi connectivity index (χ4v) is 1.46. The van der Waals surface area contributed by atoms with Gasteiger partial charge in [0.15, 0.2) is 5.82 Å². The van der Waals surface area contributed by atoms with E-state index in [1.807, 2.05) is 24.3 Å². The lowest BCUT2D eigenvalue weighted by molar-refractivity contribution is 0.317. The zero-order valence-corrected chi connectivity index (χ0v) is 9.76. The third kappa shape index (κ3) is 2.93. The maximum atomic E-state index is 5.63. The average Bonchev–Trinajstić information content (AvgIpc) is 2.37. The summed E-state index contributed by atoms with van der Waals surface area (Å²) >= 11 is 0.